The number of hydrogen-bond donors (Lipinski definition) is 1. The number of hydrogen-bond acceptors (Lipinski definition) is 3. The number of aryl methyl sites for hydroxylation is 1. The first-order valence-corrected chi connectivity index (χ1v) is 8.07. The molecule has 0 bridgehead atoms. The van der Waals surface area contributed by atoms with E-state index >= 15 is 0 Å². The third-order valence-electron chi connectivity index (χ3n) is 3.67. The van der Waals surface area contributed by atoms with Gasteiger partial charge >= 0.3 is 0 Å². The highest BCUT2D eigenvalue weighted by molar-refractivity contribution is 7.89. The molecule has 1 aromatic heterocycles. The fraction of sp³-hybridized carbons (Fsp3) is 0.750. The fourth-order valence-corrected chi connectivity index (χ4v) is 3.58. The van der Waals surface area contributed by atoms with E-state index in [1.54, 1.807) is 0 Å². The van der Waals surface area contributed by atoms with Crippen molar-refractivity contribution in [1.82, 2.24) is 9.78 Å². The maximum absolute atomic E-state index is 11.7. The maximum Gasteiger partial charge on any atom is 0.241 e. The zero-order valence-corrected chi connectivity index (χ0v) is 12.0. The number of nitrogens with zero attached hydrogens (tertiary/aromatic N) is 2. The molecule has 2 rings (SSSR count). The molecular formula is C12H21N3O2S. The van der Waals surface area contributed by atoms with Gasteiger partial charge in [0.25, 0.3) is 0 Å². The molecule has 1 heterocycles. The van der Waals surface area contributed by atoms with Crippen LogP contribution in [0.3, 0.4) is 0 Å². The number of primary sulfonamides is 1. The molecule has 1 fully saturated rings. The Morgan fingerprint density at radius 3 is 2.39 bits per heavy atom. The van der Waals surface area contributed by atoms with E-state index in [4.69, 9.17) is 5.14 Å². The Labute approximate surface area is 108 Å². The standard InChI is InChI=1S/C12H21N3O2S/c1-4-10-12(18(13,16)17)11(5-2)15(14-10)8(3)9-6-7-9/h8-9H,4-7H2,1-3H3,(H2,13,16,17). The van der Waals surface area contributed by atoms with Gasteiger partial charge in [0.1, 0.15) is 4.90 Å². The van der Waals surface area contributed by atoms with E-state index in [-0.39, 0.29) is 10.9 Å². The summed E-state index contributed by atoms with van der Waals surface area (Å²) < 4.78 is 25.4. The summed E-state index contributed by atoms with van der Waals surface area (Å²) in [5, 5.41) is 9.82. The van der Waals surface area contributed by atoms with Crippen LogP contribution in [0.4, 0.5) is 0 Å². The minimum absolute atomic E-state index is 0.250. The first-order chi connectivity index (χ1) is 8.40. The van der Waals surface area contributed by atoms with Crippen molar-refractivity contribution in [2.45, 2.75) is 57.4 Å². The molecule has 6 heteroatoms. The molecule has 102 valence electrons. The van der Waals surface area contributed by atoms with Crippen LogP contribution in [-0.2, 0) is 22.9 Å². The normalized spacial score (nSPS) is 18.0. The third kappa shape index (κ3) is 2.31. The molecule has 0 spiro atoms. The van der Waals surface area contributed by atoms with Crippen LogP contribution in [0.15, 0.2) is 4.90 Å². The van der Waals surface area contributed by atoms with Crippen molar-refractivity contribution in [1.29, 1.82) is 0 Å². The zero-order valence-electron chi connectivity index (χ0n) is 11.2. The average molecular weight is 271 g/mol. The molecule has 2 N–H and O–H groups in total. The van der Waals surface area contributed by atoms with Crippen molar-refractivity contribution in [2.24, 2.45) is 11.1 Å². The molecule has 1 atom stereocenters. The van der Waals surface area contributed by atoms with Crippen LogP contribution < -0.4 is 5.14 Å². The Kier molecular flexibility index (Phi) is 3.51. The summed E-state index contributed by atoms with van der Waals surface area (Å²) in [6.07, 6.45) is 3.63. The predicted octanol–water partition coefficient (Wildman–Crippen LogP) is 1.63. The molecular weight excluding hydrogens is 250 g/mol. The summed E-state index contributed by atoms with van der Waals surface area (Å²) in [7, 11) is -3.69. The van der Waals surface area contributed by atoms with Gasteiger partial charge in [-0.1, -0.05) is 13.8 Å². The Bertz CT molecular complexity index is 544. The summed E-state index contributed by atoms with van der Waals surface area (Å²) >= 11 is 0. The quantitative estimate of drug-likeness (QED) is 0.884. The van der Waals surface area contributed by atoms with Gasteiger partial charge in [-0.25, -0.2) is 13.6 Å². The lowest BCUT2D eigenvalue weighted by Crippen LogP contribution is -2.17. The second kappa shape index (κ2) is 4.66. The Hall–Kier alpha value is -0.880. The van der Waals surface area contributed by atoms with Gasteiger partial charge in [0.15, 0.2) is 0 Å². The van der Waals surface area contributed by atoms with E-state index in [0.29, 0.717) is 24.5 Å². The topological polar surface area (TPSA) is 78.0 Å². The van der Waals surface area contributed by atoms with Crippen LogP contribution in [0.2, 0.25) is 0 Å². The molecule has 0 aliphatic heterocycles. The molecule has 0 amide bonds. The number of sulfonamides is 1. The van der Waals surface area contributed by atoms with E-state index in [2.05, 4.69) is 12.0 Å². The smallest absolute Gasteiger partial charge is 0.241 e. The second-order valence-electron chi connectivity index (χ2n) is 5.00. The van der Waals surface area contributed by atoms with E-state index in [1.165, 1.54) is 12.8 Å². The summed E-state index contributed by atoms with van der Waals surface area (Å²) in [6, 6.07) is 0.265. The molecule has 0 aromatic carbocycles. The van der Waals surface area contributed by atoms with Crippen molar-refractivity contribution >= 4 is 10.0 Å². The van der Waals surface area contributed by atoms with Crippen LogP contribution in [0.1, 0.15) is 51.0 Å². The van der Waals surface area contributed by atoms with E-state index in [9.17, 15) is 8.42 Å². The number of rotatable bonds is 5. The van der Waals surface area contributed by atoms with Crippen molar-refractivity contribution in [3.63, 3.8) is 0 Å². The first-order valence-electron chi connectivity index (χ1n) is 6.53. The maximum atomic E-state index is 11.7. The predicted molar refractivity (Wildman–Crippen MR) is 69.8 cm³/mol. The highest BCUT2D eigenvalue weighted by Gasteiger charge is 2.33. The van der Waals surface area contributed by atoms with Crippen molar-refractivity contribution in [2.75, 3.05) is 0 Å². The van der Waals surface area contributed by atoms with Gasteiger partial charge in [-0.05, 0) is 38.5 Å². The molecule has 0 saturated heterocycles. The lowest BCUT2D eigenvalue weighted by Gasteiger charge is -2.14. The lowest BCUT2D eigenvalue weighted by atomic mass is 10.2. The molecule has 18 heavy (non-hydrogen) atoms. The van der Waals surface area contributed by atoms with Gasteiger partial charge in [-0.15, -0.1) is 0 Å². The number of aromatic nitrogens is 2. The largest absolute Gasteiger partial charge is 0.265 e. The second-order valence-corrected chi connectivity index (χ2v) is 6.50. The van der Waals surface area contributed by atoms with E-state index in [1.807, 2.05) is 18.5 Å². The average Bonchev–Trinajstić information content (AvgIpc) is 3.06. The fourth-order valence-electron chi connectivity index (χ4n) is 2.50. The summed E-state index contributed by atoms with van der Waals surface area (Å²) in [5.41, 5.74) is 1.36. The number of nitrogens with two attached hydrogens (primary N) is 1. The summed E-state index contributed by atoms with van der Waals surface area (Å²) in [5.74, 6) is 0.633. The van der Waals surface area contributed by atoms with Crippen LogP contribution in [0.5, 0.6) is 0 Å². The first kappa shape index (κ1) is 13.5. The lowest BCUT2D eigenvalue weighted by molar-refractivity contribution is 0.422. The van der Waals surface area contributed by atoms with Crippen molar-refractivity contribution in [3.05, 3.63) is 11.4 Å². The molecule has 5 nitrogen and oxygen atoms in total. The zero-order chi connectivity index (χ0) is 13.5. The molecule has 1 aliphatic rings. The van der Waals surface area contributed by atoms with Crippen LogP contribution in [-0.4, -0.2) is 18.2 Å². The Morgan fingerprint density at radius 2 is 2.00 bits per heavy atom. The van der Waals surface area contributed by atoms with Crippen LogP contribution >= 0.6 is 0 Å². The van der Waals surface area contributed by atoms with Gasteiger partial charge in [0.05, 0.1) is 17.4 Å². The summed E-state index contributed by atoms with van der Waals surface area (Å²) in [6.45, 7) is 5.96. The Morgan fingerprint density at radius 1 is 1.39 bits per heavy atom. The van der Waals surface area contributed by atoms with Gasteiger partial charge in [-0.2, -0.15) is 5.10 Å². The molecule has 0 radical (unpaired) electrons. The van der Waals surface area contributed by atoms with Gasteiger partial charge in [0, 0.05) is 0 Å². The van der Waals surface area contributed by atoms with E-state index < -0.39 is 10.0 Å². The monoisotopic (exact) mass is 271 g/mol. The van der Waals surface area contributed by atoms with Crippen molar-refractivity contribution in [3.8, 4) is 0 Å². The molecule has 1 aromatic rings. The third-order valence-corrected chi connectivity index (χ3v) is 4.71. The van der Waals surface area contributed by atoms with Gasteiger partial charge < -0.3 is 0 Å². The molecule has 1 unspecified atom stereocenters. The highest BCUT2D eigenvalue weighted by Crippen LogP contribution is 2.40. The van der Waals surface area contributed by atoms with Gasteiger partial charge in [-0.3, -0.25) is 4.68 Å². The molecule has 1 saturated carbocycles. The van der Waals surface area contributed by atoms with Crippen molar-refractivity contribution < 1.29 is 8.42 Å². The Balaban J connectivity index is 2.57. The highest BCUT2D eigenvalue weighted by atomic mass is 32.2. The van der Waals surface area contributed by atoms with Gasteiger partial charge in [0.2, 0.25) is 10.0 Å². The van der Waals surface area contributed by atoms with Crippen LogP contribution in [0, 0.1) is 5.92 Å². The van der Waals surface area contributed by atoms with Crippen LogP contribution in [0.25, 0.3) is 0 Å². The molecule has 1 aliphatic carbocycles. The summed E-state index contributed by atoms with van der Waals surface area (Å²) in [4.78, 5) is 0.250. The SMILES string of the molecule is CCc1nn(C(C)C2CC2)c(CC)c1S(N)(=O)=O. The minimum Gasteiger partial charge on any atom is -0.265 e. The minimum atomic E-state index is -3.69. The van der Waals surface area contributed by atoms with E-state index in [0.717, 1.165) is 5.69 Å².